The van der Waals surface area contributed by atoms with Gasteiger partial charge in [-0.2, -0.15) is 0 Å². The van der Waals surface area contributed by atoms with Crippen LogP contribution >= 0.6 is 0 Å². The molecule has 0 saturated carbocycles. The molecule has 0 aliphatic heterocycles. The Morgan fingerprint density at radius 3 is 2.28 bits per heavy atom. The van der Waals surface area contributed by atoms with Crippen molar-refractivity contribution in [2.45, 2.75) is 44.7 Å². The van der Waals surface area contributed by atoms with Crippen LogP contribution in [-0.2, 0) is 10.0 Å². The Morgan fingerprint density at radius 2 is 1.83 bits per heavy atom. The first-order chi connectivity index (χ1) is 8.22. The minimum atomic E-state index is -3.67. The first-order valence-corrected chi connectivity index (χ1v) is 7.19. The molecule has 1 aromatic carbocycles. The van der Waals surface area contributed by atoms with E-state index in [1.54, 1.807) is 27.7 Å². The highest BCUT2D eigenvalue weighted by atomic mass is 32.2. The highest BCUT2D eigenvalue weighted by Crippen LogP contribution is 2.22. The van der Waals surface area contributed by atoms with Crippen molar-refractivity contribution in [2.75, 3.05) is 0 Å². The lowest BCUT2D eigenvalue weighted by Gasteiger charge is -2.13. The lowest BCUT2D eigenvalue weighted by Crippen LogP contribution is -2.30. The second-order valence-corrected chi connectivity index (χ2v) is 6.25. The minimum Gasteiger partial charge on any atom is -0.488 e. The summed E-state index contributed by atoms with van der Waals surface area (Å²) in [5.74, 6) is -0.635. The van der Waals surface area contributed by atoms with Crippen molar-refractivity contribution in [1.29, 1.82) is 0 Å². The van der Waals surface area contributed by atoms with Crippen molar-refractivity contribution in [2.24, 2.45) is 0 Å². The zero-order chi connectivity index (χ0) is 13.9. The maximum atomic E-state index is 13.7. The van der Waals surface area contributed by atoms with E-state index >= 15 is 0 Å². The molecule has 0 spiro atoms. The van der Waals surface area contributed by atoms with Gasteiger partial charge in [-0.15, -0.1) is 0 Å². The predicted molar refractivity (Wildman–Crippen MR) is 67.6 cm³/mol. The number of sulfonamides is 1. The molecule has 0 amide bonds. The van der Waals surface area contributed by atoms with Crippen LogP contribution in [0.15, 0.2) is 23.1 Å². The number of hydrogen-bond donors (Lipinski definition) is 1. The third kappa shape index (κ3) is 3.96. The van der Waals surface area contributed by atoms with Gasteiger partial charge in [0.1, 0.15) is 0 Å². The Balaban J connectivity index is 3.04. The summed E-state index contributed by atoms with van der Waals surface area (Å²) in [6.07, 6.45) is -0.171. The molecule has 0 radical (unpaired) electrons. The van der Waals surface area contributed by atoms with Crippen molar-refractivity contribution in [3.05, 3.63) is 24.0 Å². The van der Waals surface area contributed by atoms with Gasteiger partial charge >= 0.3 is 0 Å². The van der Waals surface area contributed by atoms with Gasteiger partial charge in [-0.25, -0.2) is 17.5 Å². The first kappa shape index (κ1) is 14.9. The van der Waals surface area contributed by atoms with Crippen molar-refractivity contribution in [1.82, 2.24) is 4.72 Å². The highest BCUT2D eigenvalue weighted by Gasteiger charge is 2.17. The van der Waals surface area contributed by atoms with E-state index in [1.165, 1.54) is 12.1 Å². The van der Waals surface area contributed by atoms with Gasteiger partial charge in [-0.3, -0.25) is 0 Å². The van der Waals surface area contributed by atoms with Gasteiger partial charge in [-0.05, 0) is 45.9 Å². The number of halogens is 1. The van der Waals surface area contributed by atoms with Gasteiger partial charge in [0.15, 0.2) is 11.6 Å². The SMILES string of the molecule is CC(C)NS(=O)(=O)c1ccc(OC(C)C)c(F)c1. The summed E-state index contributed by atoms with van der Waals surface area (Å²) in [4.78, 5) is -0.107. The second-order valence-electron chi connectivity index (χ2n) is 4.53. The molecule has 0 atom stereocenters. The zero-order valence-corrected chi connectivity index (χ0v) is 11.7. The highest BCUT2D eigenvalue weighted by molar-refractivity contribution is 7.89. The quantitative estimate of drug-likeness (QED) is 0.897. The Morgan fingerprint density at radius 1 is 1.22 bits per heavy atom. The molecule has 0 unspecified atom stereocenters. The fourth-order valence-corrected chi connectivity index (χ4v) is 2.64. The van der Waals surface area contributed by atoms with Gasteiger partial charge in [-0.1, -0.05) is 0 Å². The lowest BCUT2D eigenvalue weighted by atomic mass is 10.3. The van der Waals surface area contributed by atoms with Crippen LogP contribution in [0.25, 0.3) is 0 Å². The van der Waals surface area contributed by atoms with Crippen LogP contribution < -0.4 is 9.46 Å². The second kappa shape index (κ2) is 5.67. The smallest absolute Gasteiger partial charge is 0.240 e. The molecule has 0 aliphatic rings. The van der Waals surface area contributed by atoms with E-state index in [4.69, 9.17) is 4.74 Å². The van der Waals surface area contributed by atoms with Crippen LogP contribution in [0.5, 0.6) is 5.75 Å². The summed E-state index contributed by atoms with van der Waals surface area (Å²) >= 11 is 0. The van der Waals surface area contributed by atoms with Crippen LogP contribution in [0.3, 0.4) is 0 Å². The fraction of sp³-hybridized carbons (Fsp3) is 0.500. The van der Waals surface area contributed by atoms with E-state index in [-0.39, 0.29) is 22.8 Å². The Labute approximate surface area is 107 Å². The summed E-state index contributed by atoms with van der Waals surface area (Å²) in [6.45, 7) is 6.93. The normalized spacial score (nSPS) is 12.2. The first-order valence-electron chi connectivity index (χ1n) is 5.71. The summed E-state index contributed by atoms with van der Waals surface area (Å²) in [5, 5.41) is 0. The molecule has 0 heterocycles. The molecule has 6 heteroatoms. The number of nitrogens with one attached hydrogen (secondary N) is 1. The Hall–Kier alpha value is -1.14. The third-order valence-corrected chi connectivity index (χ3v) is 3.62. The molecule has 102 valence electrons. The zero-order valence-electron chi connectivity index (χ0n) is 10.9. The van der Waals surface area contributed by atoms with E-state index in [0.717, 1.165) is 6.07 Å². The summed E-state index contributed by atoms with van der Waals surface area (Å²) in [5.41, 5.74) is 0. The molecule has 0 saturated heterocycles. The third-order valence-electron chi connectivity index (χ3n) is 1.97. The van der Waals surface area contributed by atoms with E-state index < -0.39 is 15.8 Å². The number of benzene rings is 1. The van der Waals surface area contributed by atoms with Crippen LogP contribution in [0, 0.1) is 5.82 Å². The molecule has 0 fully saturated rings. The van der Waals surface area contributed by atoms with E-state index in [0.29, 0.717) is 0 Å². The van der Waals surface area contributed by atoms with Gasteiger partial charge in [0.25, 0.3) is 0 Å². The van der Waals surface area contributed by atoms with Crippen LogP contribution in [0.4, 0.5) is 4.39 Å². The van der Waals surface area contributed by atoms with Gasteiger partial charge < -0.3 is 4.74 Å². The maximum Gasteiger partial charge on any atom is 0.240 e. The van der Waals surface area contributed by atoms with Crippen LogP contribution in [0.2, 0.25) is 0 Å². The molecule has 4 nitrogen and oxygen atoms in total. The van der Waals surface area contributed by atoms with Crippen molar-refractivity contribution < 1.29 is 17.5 Å². The van der Waals surface area contributed by atoms with E-state index in [2.05, 4.69) is 4.72 Å². The van der Waals surface area contributed by atoms with Gasteiger partial charge in [0, 0.05) is 6.04 Å². The molecule has 18 heavy (non-hydrogen) atoms. The lowest BCUT2D eigenvalue weighted by molar-refractivity contribution is 0.231. The standard InChI is InChI=1S/C12H18FNO3S/c1-8(2)14-18(15,16)10-5-6-12(11(13)7-10)17-9(3)4/h5-9,14H,1-4H3. The van der Waals surface area contributed by atoms with Crippen molar-refractivity contribution in [3.63, 3.8) is 0 Å². The molecule has 1 N–H and O–H groups in total. The topological polar surface area (TPSA) is 55.4 Å². The molecule has 1 rings (SSSR count). The summed E-state index contributed by atoms with van der Waals surface area (Å²) in [6, 6.07) is 3.36. The van der Waals surface area contributed by atoms with Crippen LogP contribution in [0.1, 0.15) is 27.7 Å². The monoisotopic (exact) mass is 275 g/mol. The summed E-state index contributed by atoms with van der Waals surface area (Å²) < 4.78 is 44.9. The number of rotatable bonds is 5. The molecule has 0 aliphatic carbocycles. The van der Waals surface area contributed by atoms with Gasteiger partial charge in [0.05, 0.1) is 11.0 Å². The van der Waals surface area contributed by atoms with Crippen LogP contribution in [-0.4, -0.2) is 20.6 Å². The molecular formula is C12H18FNO3S. The summed E-state index contributed by atoms with van der Waals surface area (Å²) in [7, 11) is -3.67. The molecular weight excluding hydrogens is 257 g/mol. The Kier molecular flexibility index (Phi) is 4.70. The Bertz CT molecular complexity index is 512. The van der Waals surface area contributed by atoms with Gasteiger partial charge in [0.2, 0.25) is 10.0 Å². The number of hydrogen-bond acceptors (Lipinski definition) is 3. The van der Waals surface area contributed by atoms with E-state index in [1.807, 2.05) is 0 Å². The minimum absolute atomic E-state index is 0.0495. The fourth-order valence-electron chi connectivity index (χ4n) is 1.38. The number of ether oxygens (including phenoxy) is 1. The molecule has 0 bridgehead atoms. The van der Waals surface area contributed by atoms with Crippen molar-refractivity contribution >= 4 is 10.0 Å². The predicted octanol–water partition coefficient (Wildman–Crippen LogP) is 2.30. The average molecular weight is 275 g/mol. The average Bonchev–Trinajstić information content (AvgIpc) is 2.18. The van der Waals surface area contributed by atoms with E-state index in [9.17, 15) is 12.8 Å². The van der Waals surface area contributed by atoms with Crippen molar-refractivity contribution in [3.8, 4) is 5.75 Å². The molecule has 1 aromatic rings. The molecule has 0 aromatic heterocycles. The largest absolute Gasteiger partial charge is 0.488 e. The maximum absolute atomic E-state index is 13.7.